The molecular formula is C17H22N4O2. The monoisotopic (exact) mass is 314 g/mol. The Morgan fingerprint density at radius 3 is 2.74 bits per heavy atom. The third kappa shape index (κ3) is 3.41. The van der Waals surface area contributed by atoms with Gasteiger partial charge in [0.25, 0.3) is 0 Å². The topological polar surface area (TPSA) is 72.1 Å². The lowest BCUT2D eigenvalue weighted by atomic mass is 10.1. The van der Waals surface area contributed by atoms with E-state index in [2.05, 4.69) is 29.0 Å². The number of hydrogen-bond donors (Lipinski definition) is 0. The standard InChI is InChI=1S/C17H22N4O2/c1-10(2)16-18-8-13(15-7-11(3)20-23-15)14(19-16)9-21(4)17(22)12-5-6-12/h7-8,10,12H,5-6,9H2,1-4H3. The van der Waals surface area contributed by atoms with Crippen LogP contribution < -0.4 is 0 Å². The van der Waals surface area contributed by atoms with Crippen LogP contribution in [0, 0.1) is 12.8 Å². The second-order valence-corrected chi connectivity index (χ2v) is 6.54. The van der Waals surface area contributed by atoms with Gasteiger partial charge in [-0.25, -0.2) is 9.97 Å². The van der Waals surface area contributed by atoms with Crippen LogP contribution in [-0.2, 0) is 11.3 Å². The fourth-order valence-electron chi connectivity index (χ4n) is 2.47. The summed E-state index contributed by atoms with van der Waals surface area (Å²) in [5, 5.41) is 3.93. The Kier molecular flexibility index (Phi) is 4.15. The molecule has 1 fully saturated rings. The molecule has 1 saturated carbocycles. The molecule has 2 aromatic rings. The summed E-state index contributed by atoms with van der Waals surface area (Å²) in [5.41, 5.74) is 2.41. The van der Waals surface area contributed by atoms with Crippen LogP contribution in [0.5, 0.6) is 0 Å². The number of hydrogen-bond acceptors (Lipinski definition) is 5. The van der Waals surface area contributed by atoms with E-state index in [0.717, 1.165) is 35.6 Å². The fraction of sp³-hybridized carbons (Fsp3) is 0.529. The lowest BCUT2D eigenvalue weighted by molar-refractivity contribution is -0.131. The van der Waals surface area contributed by atoms with E-state index in [9.17, 15) is 4.79 Å². The molecule has 3 rings (SSSR count). The summed E-state index contributed by atoms with van der Waals surface area (Å²) >= 11 is 0. The van der Waals surface area contributed by atoms with Gasteiger partial charge in [0.15, 0.2) is 5.76 Å². The average molecular weight is 314 g/mol. The van der Waals surface area contributed by atoms with E-state index in [1.54, 1.807) is 11.1 Å². The van der Waals surface area contributed by atoms with Crippen molar-refractivity contribution in [2.24, 2.45) is 5.92 Å². The molecule has 0 aliphatic heterocycles. The maximum atomic E-state index is 12.2. The number of amides is 1. The van der Waals surface area contributed by atoms with E-state index in [4.69, 9.17) is 4.52 Å². The van der Waals surface area contributed by atoms with Gasteiger partial charge in [-0.2, -0.15) is 0 Å². The van der Waals surface area contributed by atoms with Gasteiger partial charge in [0.1, 0.15) is 5.82 Å². The lowest BCUT2D eigenvalue weighted by Gasteiger charge is -2.18. The summed E-state index contributed by atoms with van der Waals surface area (Å²) in [7, 11) is 1.83. The Balaban J connectivity index is 1.93. The molecule has 122 valence electrons. The molecule has 0 N–H and O–H groups in total. The van der Waals surface area contributed by atoms with Crippen LogP contribution in [0.1, 0.15) is 49.8 Å². The third-order valence-electron chi connectivity index (χ3n) is 3.99. The van der Waals surface area contributed by atoms with E-state index >= 15 is 0 Å². The number of nitrogens with zero attached hydrogens (tertiary/aromatic N) is 4. The fourth-order valence-corrected chi connectivity index (χ4v) is 2.47. The van der Waals surface area contributed by atoms with Crippen LogP contribution in [0.3, 0.4) is 0 Å². The van der Waals surface area contributed by atoms with Gasteiger partial charge in [-0.1, -0.05) is 19.0 Å². The molecule has 0 unspecified atom stereocenters. The van der Waals surface area contributed by atoms with Crippen molar-refractivity contribution in [1.82, 2.24) is 20.0 Å². The molecule has 2 heterocycles. The molecule has 6 nitrogen and oxygen atoms in total. The van der Waals surface area contributed by atoms with Gasteiger partial charge < -0.3 is 9.42 Å². The van der Waals surface area contributed by atoms with Crippen LogP contribution in [-0.4, -0.2) is 33.0 Å². The molecule has 23 heavy (non-hydrogen) atoms. The highest BCUT2D eigenvalue weighted by atomic mass is 16.5. The van der Waals surface area contributed by atoms with E-state index in [1.807, 2.05) is 20.0 Å². The minimum absolute atomic E-state index is 0.189. The molecule has 1 aliphatic carbocycles. The largest absolute Gasteiger partial charge is 0.356 e. The zero-order chi connectivity index (χ0) is 16.6. The number of aryl methyl sites for hydroxylation is 1. The Morgan fingerprint density at radius 1 is 1.43 bits per heavy atom. The molecule has 0 radical (unpaired) electrons. The average Bonchev–Trinajstić information content (AvgIpc) is 3.28. The van der Waals surface area contributed by atoms with Crippen molar-refractivity contribution in [3.8, 4) is 11.3 Å². The minimum atomic E-state index is 0.189. The van der Waals surface area contributed by atoms with E-state index in [-0.39, 0.29) is 17.7 Å². The SMILES string of the molecule is Cc1cc(-c2cnc(C(C)C)nc2CN(C)C(=O)C2CC2)on1. The predicted molar refractivity (Wildman–Crippen MR) is 85.6 cm³/mol. The zero-order valence-electron chi connectivity index (χ0n) is 14.0. The summed E-state index contributed by atoms with van der Waals surface area (Å²) < 4.78 is 5.36. The van der Waals surface area contributed by atoms with Crippen LogP contribution in [0.25, 0.3) is 11.3 Å². The van der Waals surface area contributed by atoms with Crippen molar-refractivity contribution in [2.75, 3.05) is 7.05 Å². The minimum Gasteiger partial charge on any atom is -0.356 e. The second-order valence-electron chi connectivity index (χ2n) is 6.54. The van der Waals surface area contributed by atoms with Gasteiger partial charge >= 0.3 is 0 Å². The predicted octanol–water partition coefficient (Wildman–Crippen LogP) is 2.93. The van der Waals surface area contributed by atoms with Crippen molar-refractivity contribution in [3.05, 3.63) is 29.5 Å². The molecule has 0 atom stereocenters. The Labute approximate surface area is 135 Å². The lowest BCUT2D eigenvalue weighted by Crippen LogP contribution is -2.28. The number of carbonyl (C=O) groups excluding carboxylic acids is 1. The smallest absolute Gasteiger partial charge is 0.225 e. The molecule has 1 amide bonds. The van der Waals surface area contributed by atoms with Crippen molar-refractivity contribution < 1.29 is 9.32 Å². The number of carbonyl (C=O) groups is 1. The Morgan fingerprint density at radius 2 is 2.17 bits per heavy atom. The first-order valence-electron chi connectivity index (χ1n) is 8.00. The molecule has 1 aliphatic rings. The number of aromatic nitrogens is 3. The third-order valence-corrected chi connectivity index (χ3v) is 3.99. The van der Waals surface area contributed by atoms with Gasteiger partial charge in [0, 0.05) is 31.1 Å². The second kappa shape index (κ2) is 6.10. The number of rotatable bonds is 5. The van der Waals surface area contributed by atoms with Crippen LogP contribution in [0.15, 0.2) is 16.8 Å². The van der Waals surface area contributed by atoms with Gasteiger partial charge in [-0.05, 0) is 19.8 Å². The van der Waals surface area contributed by atoms with Gasteiger partial charge in [-0.15, -0.1) is 0 Å². The summed E-state index contributed by atoms with van der Waals surface area (Å²) in [4.78, 5) is 23.1. The van der Waals surface area contributed by atoms with E-state index < -0.39 is 0 Å². The summed E-state index contributed by atoms with van der Waals surface area (Å²) in [6, 6.07) is 1.86. The van der Waals surface area contributed by atoms with Gasteiger partial charge in [-0.3, -0.25) is 4.79 Å². The quantitative estimate of drug-likeness (QED) is 0.848. The maximum absolute atomic E-state index is 12.2. The Bertz CT molecular complexity index is 719. The van der Waals surface area contributed by atoms with E-state index in [0.29, 0.717) is 12.3 Å². The van der Waals surface area contributed by atoms with Crippen molar-refractivity contribution in [1.29, 1.82) is 0 Å². The highest BCUT2D eigenvalue weighted by Crippen LogP contribution is 2.32. The summed E-state index contributed by atoms with van der Waals surface area (Å²) in [6.45, 7) is 6.43. The first kappa shape index (κ1) is 15.6. The van der Waals surface area contributed by atoms with Crippen LogP contribution in [0.4, 0.5) is 0 Å². The summed E-state index contributed by atoms with van der Waals surface area (Å²) in [5.74, 6) is 2.02. The molecule has 0 spiro atoms. The van der Waals surface area contributed by atoms with Crippen LogP contribution in [0.2, 0.25) is 0 Å². The molecule has 0 saturated heterocycles. The first-order chi connectivity index (χ1) is 11.0. The normalized spacial score (nSPS) is 14.3. The van der Waals surface area contributed by atoms with Crippen molar-refractivity contribution >= 4 is 5.91 Å². The van der Waals surface area contributed by atoms with Crippen molar-refractivity contribution in [2.45, 2.75) is 46.1 Å². The first-order valence-corrected chi connectivity index (χ1v) is 8.00. The maximum Gasteiger partial charge on any atom is 0.225 e. The van der Waals surface area contributed by atoms with Gasteiger partial charge in [0.05, 0.1) is 23.5 Å². The molecule has 6 heteroatoms. The Hall–Kier alpha value is -2.24. The molecule has 2 aromatic heterocycles. The molecule has 0 bridgehead atoms. The molecule has 0 aromatic carbocycles. The zero-order valence-corrected chi connectivity index (χ0v) is 14.0. The van der Waals surface area contributed by atoms with Crippen LogP contribution >= 0.6 is 0 Å². The van der Waals surface area contributed by atoms with Gasteiger partial charge in [0.2, 0.25) is 5.91 Å². The highest BCUT2D eigenvalue weighted by molar-refractivity contribution is 5.80. The summed E-state index contributed by atoms with van der Waals surface area (Å²) in [6.07, 6.45) is 3.77. The van der Waals surface area contributed by atoms with Crippen molar-refractivity contribution in [3.63, 3.8) is 0 Å². The van der Waals surface area contributed by atoms with E-state index in [1.165, 1.54) is 0 Å². The highest BCUT2D eigenvalue weighted by Gasteiger charge is 2.32. The molecular weight excluding hydrogens is 292 g/mol.